The Hall–Kier alpha value is -2.88. The van der Waals surface area contributed by atoms with Crippen LogP contribution < -0.4 is 15.5 Å². The average molecular weight is 532 g/mol. The standard InChI is InChI=1S/C28H42FN5O4/c1-20(30-26(37)38-27(2,3)4)24(35)34-13-10-28(11-14-34)19-22(31-25(28)36)9-12-32-15-17-33(18-16-32)23-7-5-21(29)6-8-23/h5-8,20,22H,9-19H2,1-4H3,(H,30,37)(H,31,36)/t20-,22-/m0/s1. The zero-order chi connectivity index (χ0) is 27.5. The number of anilines is 1. The van der Waals surface area contributed by atoms with E-state index in [0.717, 1.165) is 51.3 Å². The molecule has 9 nitrogen and oxygen atoms in total. The SMILES string of the molecule is C[C@H](NC(=O)OC(C)(C)C)C(=O)N1CCC2(CC1)C[C@H](CCN1CCN(c3ccc(F)cc3)CC1)NC2=O. The number of piperidine rings is 1. The van der Waals surface area contributed by atoms with Gasteiger partial charge in [-0.15, -0.1) is 0 Å². The van der Waals surface area contributed by atoms with Crippen LogP contribution in [-0.4, -0.2) is 91.2 Å². The topological polar surface area (TPSA) is 94.2 Å². The van der Waals surface area contributed by atoms with Crippen LogP contribution >= 0.6 is 0 Å². The minimum Gasteiger partial charge on any atom is -0.444 e. The summed E-state index contributed by atoms with van der Waals surface area (Å²) in [6, 6.07) is 6.12. The van der Waals surface area contributed by atoms with Crippen molar-refractivity contribution in [2.45, 2.75) is 71.1 Å². The highest BCUT2D eigenvalue weighted by atomic mass is 19.1. The molecule has 38 heavy (non-hydrogen) atoms. The molecule has 0 radical (unpaired) electrons. The van der Waals surface area contributed by atoms with Gasteiger partial charge in [-0.1, -0.05) is 0 Å². The van der Waals surface area contributed by atoms with Crippen molar-refractivity contribution in [2.75, 3.05) is 50.7 Å². The molecular formula is C28H42FN5O4. The molecule has 0 aromatic heterocycles. The molecule has 0 aliphatic carbocycles. The quantitative estimate of drug-likeness (QED) is 0.587. The molecule has 10 heteroatoms. The monoisotopic (exact) mass is 531 g/mol. The number of nitrogens with zero attached hydrogens (tertiary/aromatic N) is 3. The van der Waals surface area contributed by atoms with Crippen molar-refractivity contribution < 1.29 is 23.5 Å². The maximum atomic E-state index is 13.2. The second-order valence-electron chi connectivity index (χ2n) is 11.9. The van der Waals surface area contributed by atoms with Gasteiger partial charge in [-0.25, -0.2) is 9.18 Å². The molecule has 3 heterocycles. The van der Waals surface area contributed by atoms with Crippen LogP contribution in [0.4, 0.5) is 14.9 Å². The number of benzene rings is 1. The Labute approximate surface area is 225 Å². The first-order valence-corrected chi connectivity index (χ1v) is 13.8. The molecule has 3 saturated heterocycles. The Kier molecular flexibility index (Phi) is 8.49. The predicted octanol–water partition coefficient (Wildman–Crippen LogP) is 2.75. The Bertz CT molecular complexity index is 995. The van der Waals surface area contributed by atoms with E-state index in [1.165, 1.54) is 12.1 Å². The Morgan fingerprint density at radius 3 is 2.34 bits per heavy atom. The number of rotatable bonds is 6. The number of hydrogen-bond acceptors (Lipinski definition) is 6. The Morgan fingerprint density at radius 1 is 1.11 bits per heavy atom. The van der Waals surface area contributed by atoms with Gasteiger partial charge in [0.05, 0.1) is 5.41 Å². The van der Waals surface area contributed by atoms with E-state index in [9.17, 15) is 18.8 Å². The number of hydrogen-bond donors (Lipinski definition) is 2. The third kappa shape index (κ3) is 6.95. The third-order valence-corrected chi connectivity index (χ3v) is 7.95. The summed E-state index contributed by atoms with van der Waals surface area (Å²) in [6.07, 6.45) is 2.37. The minimum atomic E-state index is -0.687. The van der Waals surface area contributed by atoms with Gasteiger partial charge in [0.15, 0.2) is 0 Å². The smallest absolute Gasteiger partial charge is 0.408 e. The van der Waals surface area contributed by atoms with Crippen molar-refractivity contribution >= 4 is 23.6 Å². The van der Waals surface area contributed by atoms with Crippen LogP contribution in [-0.2, 0) is 14.3 Å². The fourth-order valence-corrected chi connectivity index (χ4v) is 5.75. The summed E-state index contributed by atoms with van der Waals surface area (Å²) in [5.74, 6) is -0.262. The molecule has 0 unspecified atom stereocenters. The van der Waals surface area contributed by atoms with Gasteiger partial charge >= 0.3 is 6.09 Å². The summed E-state index contributed by atoms with van der Waals surface area (Å²) in [4.78, 5) is 44.4. The van der Waals surface area contributed by atoms with Crippen molar-refractivity contribution in [1.29, 1.82) is 0 Å². The van der Waals surface area contributed by atoms with Crippen LogP contribution in [0.15, 0.2) is 24.3 Å². The van der Waals surface area contributed by atoms with Gasteiger partial charge in [0.2, 0.25) is 11.8 Å². The van der Waals surface area contributed by atoms with E-state index in [2.05, 4.69) is 20.4 Å². The molecule has 3 fully saturated rings. The molecule has 2 N–H and O–H groups in total. The molecule has 210 valence electrons. The van der Waals surface area contributed by atoms with Crippen LogP contribution in [0.2, 0.25) is 0 Å². The van der Waals surface area contributed by atoms with Crippen molar-refractivity contribution in [2.24, 2.45) is 5.41 Å². The molecule has 0 saturated carbocycles. The maximum Gasteiger partial charge on any atom is 0.408 e. The van der Waals surface area contributed by atoms with Crippen molar-refractivity contribution in [1.82, 2.24) is 20.4 Å². The van der Waals surface area contributed by atoms with Crippen LogP contribution in [0.1, 0.15) is 53.4 Å². The van der Waals surface area contributed by atoms with Gasteiger partial charge in [0.1, 0.15) is 17.5 Å². The van der Waals surface area contributed by atoms with E-state index in [4.69, 9.17) is 4.74 Å². The fourth-order valence-electron chi connectivity index (χ4n) is 5.75. The molecule has 4 rings (SSSR count). The first kappa shape index (κ1) is 28.1. The number of halogens is 1. The van der Waals surface area contributed by atoms with E-state index < -0.39 is 23.2 Å². The summed E-state index contributed by atoms with van der Waals surface area (Å²) in [5.41, 5.74) is 0.00972. The number of carbonyl (C=O) groups excluding carboxylic acids is 3. The predicted molar refractivity (Wildman–Crippen MR) is 143 cm³/mol. The molecule has 1 spiro atoms. The third-order valence-electron chi connectivity index (χ3n) is 7.95. The Balaban J connectivity index is 1.19. The van der Waals surface area contributed by atoms with Gasteiger partial charge in [0.25, 0.3) is 0 Å². The fraction of sp³-hybridized carbons (Fsp3) is 0.679. The molecule has 1 aromatic carbocycles. The molecular weight excluding hydrogens is 489 g/mol. The number of alkyl carbamates (subject to hydrolysis) is 1. The van der Waals surface area contributed by atoms with E-state index in [1.54, 1.807) is 32.6 Å². The van der Waals surface area contributed by atoms with Gasteiger partial charge in [-0.2, -0.15) is 0 Å². The molecule has 0 bridgehead atoms. The van der Waals surface area contributed by atoms with Crippen LogP contribution in [0.3, 0.4) is 0 Å². The summed E-state index contributed by atoms with van der Waals surface area (Å²) < 4.78 is 18.5. The van der Waals surface area contributed by atoms with Crippen LogP contribution in [0, 0.1) is 11.2 Å². The van der Waals surface area contributed by atoms with Gasteiger partial charge in [-0.05, 0) is 77.6 Å². The molecule has 3 amide bonds. The Morgan fingerprint density at radius 2 is 1.74 bits per heavy atom. The minimum absolute atomic E-state index is 0.107. The first-order chi connectivity index (χ1) is 17.9. The van der Waals surface area contributed by atoms with E-state index in [1.807, 2.05) is 12.1 Å². The maximum absolute atomic E-state index is 13.2. The molecule has 1 aromatic rings. The van der Waals surface area contributed by atoms with Crippen molar-refractivity contribution in [3.63, 3.8) is 0 Å². The number of piperazine rings is 1. The molecule has 3 aliphatic rings. The van der Waals surface area contributed by atoms with E-state index in [-0.39, 0.29) is 23.7 Å². The van der Waals surface area contributed by atoms with E-state index >= 15 is 0 Å². The zero-order valence-electron chi connectivity index (χ0n) is 23.1. The van der Waals surface area contributed by atoms with Gasteiger partial charge in [-0.3, -0.25) is 14.5 Å². The lowest BCUT2D eigenvalue weighted by Gasteiger charge is -2.38. The number of nitrogens with one attached hydrogen (secondary N) is 2. The average Bonchev–Trinajstić information content (AvgIpc) is 3.16. The lowest BCUT2D eigenvalue weighted by molar-refractivity contribution is -0.139. The number of amides is 3. The van der Waals surface area contributed by atoms with E-state index in [0.29, 0.717) is 25.9 Å². The number of likely N-dealkylation sites (tertiary alicyclic amines) is 1. The molecule has 2 atom stereocenters. The summed E-state index contributed by atoms with van der Waals surface area (Å²) in [6.45, 7) is 12.6. The second kappa shape index (κ2) is 11.5. The summed E-state index contributed by atoms with van der Waals surface area (Å²) in [5, 5.41) is 5.84. The van der Waals surface area contributed by atoms with Gasteiger partial charge in [0, 0.05) is 57.5 Å². The number of ether oxygens (including phenoxy) is 1. The first-order valence-electron chi connectivity index (χ1n) is 13.8. The van der Waals surface area contributed by atoms with Gasteiger partial charge < -0.3 is 25.2 Å². The highest BCUT2D eigenvalue weighted by molar-refractivity contribution is 5.87. The van der Waals surface area contributed by atoms with Crippen LogP contribution in [0.5, 0.6) is 0 Å². The second-order valence-corrected chi connectivity index (χ2v) is 11.9. The number of carbonyl (C=O) groups is 3. The molecule has 3 aliphatic heterocycles. The summed E-state index contributed by atoms with van der Waals surface area (Å²) >= 11 is 0. The highest BCUT2D eigenvalue weighted by Crippen LogP contribution is 2.41. The van der Waals surface area contributed by atoms with Crippen molar-refractivity contribution in [3.05, 3.63) is 30.1 Å². The normalized spacial score (nSPS) is 22.8. The highest BCUT2D eigenvalue weighted by Gasteiger charge is 2.48. The zero-order valence-corrected chi connectivity index (χ0v) is 23.1. The lowest BCUT2D eigenvalue weighted by Crippen LogP contribution is -2.52. The summed E-state index contributed by atoms with van der Waals surface area (Å²) in [7, 11) is 0. The largest absolute Gasteiger partial charge is 0.444 e. The van der Waals surface area contributed by atoms with Crippen LogP contribution in [0.25, 0.3) is 0 Å². The van der Waals surface area contributed by atoms with Crippen molar-refractivity contribution in [3.8, 4) is 0 Å². The lowest BCUT2D eigenvalue weighted by atomic mass is 9.75.